The summed E-state index contributed by atoms with van der Waals surface area (Å²) >= 11 is 0. The number of methoxy groups -OCH3 is 1. The molecular weight excluding hydrogens is 393 g/mol. The maximum Gasteiger partial charge on any atom is 0.268 e. The lowest BCUT2D eigenvalue weighted by atomic mass is 10.1. The highest BCUT2D eigenvalue weighted by Gasteiger charge is 2.23. The molecule has 0 N–H and O–H groups in total. The first-order valence-electron chi connectivity index (χ1n) is 9.48. The second-order valence-corrected chi connectivity index (χ2v) is 9.19. The van der Waals surface area contributed by atoms with Crippen LogP contribution in [0.2, 0.25) is 0 Å². The predicted molar refractivity (Wildman–Crippen MR) is 110 cm³/mol. The molecular formula is C21H24FN3O3S. The van der Waals surface area contributed by atoms with Crippen molar-refractivity contribution in [2.75, 3.05) is 40.3 Å². The first-order chi connectivity index (χ1) is 13.9. The van der Waals surface area contributed by atoms with E-state index in [0.717, 1.165) is 49.3 Å². The number of hydrogen-bond acceptors (Lipinski definition) is 5. The van der Waals surface area contributed by atoms with Crippen molar-refractivity contribution < 1.29 is 17.5 Å². The Kier molecular flexibility index (Phi) is 5.33. The highest BCUT2D eigenvalue weighted by molar-refractivity contribution is 7.90. The van der Waals surface area contributed by atoms with Crippen LogP contribution in [0.1, 0.15) is 5.56 Å². The van der Waals surface area contributed by atoms with Gasteiger partial charge in [-0.3, -0.25) is 4.90 Å². The van der Waals surface area contributed by atoms with E-state index >= 15 is 0 Å². The van der Waals surface area contributed by atoms with Crippen molar-refractivity contribution in [1.82, 2.24) is 13.8 Å². The molecule has 4 rings (SSSR count). The van der Waals surface area contributed by atoms with Gasteiger partial charge in [-0.15, -0.1) is 0 Å². The van der Waals surface area contributed by atoms with Gasteiger partial charge in [-0.1, -0.05) is 0 Å². The Labute approximate surface area is 170 Å². The van der Waals surface area contributed by atoms with E-state index in [9.17, 15) is 12.8 Å². The minimum atomic E-state index is -3.87. The van der Waals surface area contributed by atoms with Crippen LogP contribution in [0.4, 0.5) is 4.39 Å². The number of halogens is 1. The maximum absolute atomic E-state index is 13.3. The van der Waals surface area contributed by atoms with Gasteiger partial charge in [0.05, 0.1) is 17.5 Å². The van der Waals surface area contributed by atoms with Crippen LogP contribution >= 0.6 is 0 Å². The van der Waals surface area contributed by atoms with E-state index in [2.05, 4.69) is 16.8 Å². The monoisotopic (exact) mass is 417 g/mol. The molecule has 0 unspecified atom stereocenters. The van der Waals surface area contributed by atoms with Gasteiger partial charge in [-0.2, -0.15) is 0 Å². The molecule has 0 radical (unpaired) electrons. The summed E-state index contributed by atoms with van der Waals surface area (Å²) in [6.45, 7) is 4.51. The quantitative estimate of drug-likeness (QED) is 0.639. The van der Waals surface area contributed by atoms with E-state index in [1.165, 1.54) is 16.1 Å². The normalized spacial score (nSPS) is 16.4. The second-order valence-electron chi connectivity index (χ2n) is 7.37. The minimum absolute atomic E-state index is 0.0461. The number of piperazine rings is 1. The summed E-state index contributed by atoms with van der Waals surface area (Å²) in [5.74, 6) is 0.107. The number of rotatable bonds is 5. The van der Waals surface area contributed by atoms with E-state index in [4.69, 9.17) is 4.74 Å². The summed E-state index contributed by atoms with van der Waals surface area (Å²) in [5, 5.41) is 0.871. The molecule has 154 valence electrons. The van der Waals surface area contributed by atoms with Crippen LogP contribution < -0.4 is 4.74 Å². The minimum Gasteiger partial charge on any atom is -0.497 e. The van der Waals surface area contributed by atoms with Gasteiger partial charge < -0.3 is 9.64 Å². The number of ether oxygens (including phenoxy) is 1. The third-order valence-corrected chi connectivity index (χ3v) is 7.11. The molecule has 6 nitrogen and oxygen atoms in total. The third-order valence-electron chi connectivity index (χ3n) is 5.42. The van der Waals surface area contributed by atoms with Crippen molar-refractivity contribution in [2.45, 2.75) is 11.4 Å². The molecule has 0 amide bonds. The molecule has 1 aliphatic heterocycles. The van der Waals surface area contributed by atoms with Crippen LogP contribution in [0.25, 0.3) is 10.9 Å². The molecule has 29 heavy (non-hydrogen) atoms. The molecule has 2 aromatic carbocycles. The van der Waals surface area contributed by atoms with Crippen molar-refractivity contribution in [3.8, 4) is 5.75 Å². The molecule has 1 aliphatic rings. The molecule has 1 aromatic heterocycles. The van der Waals surface area contributed by atoms with E-state index in [-0.39, 0.29) is 4.90 Å². The van der Waals surface area contributed by atoms with Crippen LogP contribution in [0, 0.1) is 5.82 Å². The van der Waals surface area contributed by atoms with Gasteiger partial charge in [0, 0.05) is 50.4 Å². The number of likely N-dealkylation sites (N-methyl/N-ethyl adjacent to an activating group) is 1. The average Bonchev–Trinajstić information content (AvgIpc) is 3.08. The highest BCUT2D eigenvalue weighted by Crippen LogP contribution is 2.30. The molecule has 0 bridgehead atoms. The Hall–Kier alpha value is -2.42. The zero-order chi connectivity index (χ0) is 20.6. The van der Waals surface area contributed by atoms with Gasteiger partial charge in [0.1, 0.15) is 11.6 Å². The predicted octanol–water partition coefficient (Wildman–Crippen LogP) is 2.77. The lowest BCUT2D eigenvalue weighted by Crippen LogP contribution is -2.43. The molecule has 8 heteroatoms. The van der Waals surface area contributed by atoms with Crippen molar-refractivity contribution >= 4 is 20.9 Å². The summed E-state index contributed by atoms with van der Waals surface area (Å²) < 4.78 is 46.5. The number of nitrogens with zero attached hydrogens (tertiary/aromatic N) is 3. The third kappa shape index (κ3) is 3.88. The summed E-state index contributed by atoms with van der Waals surface area (Å²) in [6, 6.07) is 10.4. The van der Waals surface area contributed by atoms with E-state index in [1.54, 1.807) is 19.4 Å². The standard InChI is InChI=1S/C21H24FN3O3S/c1-23-9-11-24(12-10-23)14-16-15-25(21-13-18(28-2)5-8-20(16)21)29(26,27)19-6-3-17(22)4-7-19/h3-8,13,15H,9-12,14H2,1-2H3. The highest BCUT2D eigenvalue weighted by atomic mass is 32.2. The smallest absolute Gasteiger partial charge is 0.268 e. The fraction of sp³-hybridized carbons (Fsp3) is 0.333. The fourth-order valence-electron chi connectivity index (χ4n) is 3.66. The van der Waals surface area contributed by atoms with Crippen LogP contribution in [-0.4, -0.2) is 62.5 Å². The summed E-state index contributed by atoms with van der Waals surface area (Å²) in [6.07, 6.45) is 1.68. The summed E-state index contributed by atoms with van der Waals surface area (Å²) in [7, 11) is -0.217. The SMILES string of the molecule is COc1ccc2c(CN3CCN(C)CC3)cn(S(=O)(=O)c3ccc(F)cc3)c2c1. The Balaban J connectivity index is 1.79. The molecule has 3 aromatic rings. The van der Waals surface area contributed by atoms with E-state index < -0.39 is 15.8 Å². The molecule has 0 atom stereocenters. The van der Waals surface area contributed by atoms with Crippen LogP contribution in [0.15, 0.2) is 53.6 Å². The van der Waals surface area contributed by atoms with Gasteiger partial charge >= 0.3 is 0 Å². The average molecular weight is 418 g/mol. The number of fused-ring (bicyclic) bond motifs is 1. The Bertz CT molecular complexity index is 1120. The zero-order valence-electron chi connectivity index (χ0n) is 16.5. The van der Waals surface area contributed by atoms with Crippen molar-refractivity contribution in [2.24, 2.45) is 0 Å². The van der Waals surface area contributed by atoms with Gasteiger partial charge in [-0.05, 0) is 49.0 Å². The van der Waals surface area contributed by atoms with Crippen LogP contribution in [-0.2, 0) is 16.6 Å². The number of aromatic nitrogens is 1. The Morgan fingerprint density at radius 3 is 2.38 bits per heavy atom. The number of hydrogen-bond donors (Lipinski definition) is 0. The first kappa shape index (κ1) is 19.9. The topological polar surface area (TPSA) is 54.8 Å². The maximum atomic E-state index is 13.3. The van der Waals surface area contributed by atoms with Crippen LogP contribution in [0.3, 0.4) is 0 Å². The van der Waals surface area contributed by atoms with Gasteiger partial charge in [0.25, 0.3) is 10.0 Å². The molecule has 0 aliphatic carbocycles. The lowest BCUT2D eigenvalue weighted by Gasteiger charge is -2.32. The Morgan fingerprint density at radius 2 is 1.72 bits per heavy atom. The molecule has 0 saturated carbocycles. The zero-order valence-corrected chi connectivity index (χ0v) is 17.3. The fourth-order valence-corrected chi connectivity index (χ4v) is 5.05. The van der Waals surface area contributed by atoms with Gasteiger partial charge in [0.15, 0.2) is 0 Å². The molecule has 2 heterocycles. The van der Waals surface area contributed by atoms with Crippen molar-refractivity contribution in [3.63, 3.8) is 0 Å². The largest absolute Gasteiger partial charge is 0.497 e. The van der Waals surface area contributed by atoms with E-state index in [1.807, 2.05) is 12.1 Å². The summed E-state index contributed by atoms with van der Waals surface area (Å²) in [5.41, 5.74) is 1.50. The Morgan fingerprint density at radius 1 is 1.03 bits per heavy atom. The van der Waals surface area contributed by atoms with Crippen LogP contribution in [0.5, 0.6) is 5.75 Å². The molecule has 0 spiro atoms. The van der Waals surface area contributed by atoms with Crippen molar-refractivity contribution in [1.29, 1.82) is 0 Å². The van der Waals surface area contributed by atoms with Gasteiger partial charge in [0.2, 0.25) is 0 Å². The summed E-state index contributed by atoms with van der Waals surface area (Å²) in [4.78, 5) is 4.65. The molecule has 1 saturated heterocycles. The molecule has 1 fully saturated rings. The van der Waals surface area contributed by atoms with Crippen molar-refractivity contribution in [3.05, 3.63) is 60.0 Å². The van der Waals surface area contributed by atoms with E-state index in [0.29, 0.717) is 17.8 Å². The van der Waals surface area contributed by atoms with Gasteiger partial charge in [-0.25, -0.2) is 16.8 Å². The first-order valence-corrected chi connectivity index (χ1v) is 10.9. The lowest BCUT2D eigenvalue weighted by molar-refractivity contribution is 0.148. The second kappa shape index (κ2) is 7.78. The number of benzene rings is 2.